The minimum absolute atomic E-state index is 0.480. The standard InChI is InChI=1S/C17H23N3S/c1-3-21-17-8-4-7-16(15(17)10-18)20-12-14-6-5-9-19(14)11-13(20)2/h4,7-8,13-14H,3,5-6,9,11-12H2,1-2H3. The third-order valence-corrected chi connectivity index (χ3v) is 5.60. The molecule has 21 heavy (non-hydrogen) atoms. The Balaban J connectivity index is 1.92. The molecule has 4 heteroatoms. The molecular weight excluding hydrogens is 278 g/mol. The van der Waals surface area contributed by atoms with Crippen molar-refractivity contribution >= 4 is 17.4 Å². The average molecular weight is 301 g/mol. The van der Waals surface area contributed by atoms with Crippen LogP contribution in [-0.4, -0.2) is 42.4 Å². The van der Waals surface area contributed by atoms with Crippen LogP contribution >= 0.6 is 11.8 Å². The van der Waals surface area contributed by atoms with Crippen LogP contribution in [0.4, 0.5) is 5.69 Å². The maximum atomic E-state index is 9.63. The van der Waals surface area contributed by atoms with Gasteiger partial charge in [-0.15, -0.1) is 11.8 Å². The van der Waals surface area contributed by atoms with E-state index >= 15 is 0 Å². The topological polar surface area (TPSA) is 30.3 Å². The Morgan fingerprint density at radius 3 is 3.00 bits per heavy atom. The van der Waals surface area contributed by atoms with E-state index in [1.54, 1.807) is 11.8 Å². The van der Waals surface area contributed by atoms with Crippen molar-refractivity contribution in [2.75, 3.05) is 30.3 Å². The molecule has 0 N–H and O–H groups in total. The minimum Gasteiger partial charge on any atom is -0.365 e. The van der Waals surface area contributed by atoms with Crippen molar-refractivity contribution in [3.63, 3.8) is 0 Å². The normalized spacial score (nSPS) is 25.7. The molecule has 0 spiro atoms. The fourth-order valence-corrected chi connectivity index (χ4v) is 4.45. The summed E-state index contributed by atoms with van der Waals surface area (Å²) >= 11 is 1.77. The van der Waals surface area contributed by atoms with Gasteiger partial charge in [-0.3, -0.25) is 4.90 Å². The van der Waals surface area contributed by atoms with Crippen LogP contribution in [0.3, 0.4) is 0 Å². The predicted molar refractivity (Wildman–Crippen MR) is 89.0 cm³/mol. The lowest BCUT2D eigenvalue weighted by atomic mass is 10.0. The van der Waals surface area contributed by atoms with Crippen molar-refractivity contribution in [1.82, 2.24) is 4.90 Å². The second-order valence-corrected chi connectivity index (χ2v) is 7.29. The number of benzene rings is 1. The number of thioether (sulfide) groups is 1. The van der Waals surface area contributed by atoms with Gasteiger partial charge < -0.3 is 4.90 Å². The highest BCUT2D eigenvalue weighted by atomic mass is 32.2. The van der Waals surface area contributed by atoms with Crippen LogP contribution in [0.5, 0.6) is 0 Å². The Bertz CT molecular complexity index is 551. The van der Waals surface area contributed by atoms with Gasteiger partial charge in [-0.1, -0.05) is 13.0 Å². The van der Waals surface area contributed by atoms with Crippen LogP contribution in [0.15, 0.2) is 23.1 Å². The first-order valence-electron chi connectivity index (χ1n) is 7.91. The van der Waals surface area contributed by atoms with Gasteiger partial charge in [0.05, 0.1) is 11.3 Å². The van der Waals surface area contributed by atoms with Gasteiger partial charge in [-0.05, 0) is 44.2 Å². The molecule has 2 aliphatic rings. The van der Waals surface area contributed by atoms with E-state index in [0.29, 0.717) is 12.1 Å². The van der Waals surface area contributed by atoms with E-state index in [2.05, 4.69) is 47.9 Å². The molecule has 2 unspecified atom stereocenters. The molecule has 0 saturated carbocycles. The summed E-state index contributed by atoms with van der Waals surface area (Å²) in [7, 11) is 0. The third-order valence-electron chi connectivity index (χ3n) is 4.66. The van der Waals surface area contributed by atoms with E-state index < -0.39 is 0 Å². The summed E-state index contributed by atoms with van der Waals surface area (Å²) in [6.45, 7) is 7.87. The highest BCUT2D eigenvalue weighted by Crippen LogP contribution is 2.34. The number of hydrogen-bond donors (Lipinski definition) is 0. The van der Waals surface area contributed by atoms with E-state index in [1.807, 2.05) is 0 Å². The van der Waals surface area contributed by atoms with E-state index in [0.717, 1.165) is 35.0 Å². The van der Waals surface area contributed by atoms with Crippen LogP contribution in [0.1, 0.15) is 32.3 Å². The molecule has 112 valence electrons. The van der Waals surface area contributed by atoms with Crippen LogP contribution in [-0.2, 0) is 0 Å². The van der Waals surface area contributed by atoms with Crippen molar-refractivity contribution in [3.8, 4) is 6.07 Å². The summed E-state index contributed by atoms with van der Waals surface area (Å²) in [6, 6.07) is 9.91. The van der Waals surface area contributed by atoms with Crippen LogP contribution in [0, 0.1) is 11.3 Å². The monoisotopic (exact) mass is 301 g/mol. The van der Waals surface area contributed by atoms with Crippen molar-refractivity contribution in [1.29, 1.82) is 5.26 Å². The summed E-state index contributed by atoms with van der Waals surface area (Å²) in [4.78, 5) is 6.21. The van der Waals surface area contributed by atoms with Gasteiger partial charge >= 0.3 is 0 Å². The van der Waals surface area contributed by atoms with Crippen molar-refractivity contribution in [2.24, 2.45) is 0 Å². The van der Waals surface area contributed by atoms with E-state index in [4.69, 9.17) is 0 Å². The van der Waals surface area contributed by atoms with Crippen LogP contribution in [0.25, 0.3) is 0 Å². The zero-order valence-electron chi connectivity index (χ0n) is 12.9. The van der Waals surface area contributed by atoms with Gasteiger partial charge in [0, 0.05) is 30.1 Å². The Morgan fingerprint density at radius 2 is 2.24 bits per heavy atom. The van der Waals surface area contributed by atoms with Crippen LogP contribution < -0.4 is 4.90 Å². The molecule has 0 aliphatic carbocycles. The molecule has 0 bridgehead atoms. The number of piperazine rings is 1. The predicted octanol–water partition coefficient (Wildman–Crippen LogP) is 3.34. The summed E-state index contributed by atoms with van der Waals surface area (Å²) in [6.07, 6.45) is 2.62. The first kappa shape index (κ1) is 14.7. The molecule has 3 nitrogen and oxygen atoms in total. The quantitative estimate of drug-likeness (QED) is 0.801. The number of fused-ring (bicyclic) bond motifs is 1. The third kappa shape index (κ3) is 2.77. The number of anilines is 1. The Kier molecular flexibility index (Phi) is 4.42. The second kappa shape index (κ2) is 6.29. The summed E-state index contributed by atoms with van der Waals surface area (Å²) < 4.78 is 0. The van der Waals surface area contributed by atoms with Gasteiger partial charge in [-0.25, -0.2) is 0 Å². The molecule has 2 saturated heterocycles. The minimum atomic E-state index is 0.480. The lowest BCUT2D eigenvalue weighted by Gasteiger charge is -2.44. The smallest absolute Gasteiger partial charge is 0.103 e. The van der Waals surface area contributed by atoms with E-state index in [1.165, 1.54) is 19.4 Å². The summed E-state index contributed by atoms with van der Waals surface area (Å²) in [5.74, 6) is 1.00. The number of nitrogens with zero attached hydrogens (tertiary/aromatic N) is 3. The number of rotatable bonds is 3. The number of nitriles is 1. The number of hydrogen-bond acceptors (Lipinski definition) is 4. The average Bonchev–Trinajstić information content (AvgIpc) is 2.93. The van der Waals surface area contributed by atoms with Gasteiger partial charge in [0.25, 0.3) is 0 Å². The Hall–Kier alpha value is -1.18. The van der Waals surface area contributed by atoms with E-state index in [-0.39, 0.29) is 0 Å². The molecule has 2 aliphatic heterocycles. The summed E-state index contributed by atoms with van der Waals surface area (Å²) in [5, 5.41) is 9.63. The first-order valence-corrected chi connectivity index (χ1v) is 8.89. The molecule has 0 radical (unpaired) electrons. The second-order valence-electron chi connectivity index (χ2n) is 5.99. The zero-order chi connectivity index (χ0) is 14.8. The van der Waals surface area contributed by atoms with Crippen molar-refractivity contribution in [3.05, 3.63) is 23.8 Å². The van der Waals surface area contributed by atoms with Gasteiger partial charge in [-0.2, -0.15) is 5.26 Å². The van der Waals surface area contributed by atoms with Crippen molar-refractivity contribution < 1.29 is 0 Å². The molecule has 1 aromatic carbocycles. The first-order chi connectivity index (χ1) is 10.2. The maximum Gasteiger partial charge on any atom is 0.103 e. The maximum absolute atomic E-state index is 9.63. The molecule has 3 rings (SSSR count). The molecule has 2 atom stereocenters. The zero-order valence-corrected chi connectivity index (χ0v) is 13.7. The largest absolute Gasteiger partial charge is 0.365 e. The lowest BCUT2D eigenvalue weighted by molar-refractivity contribution is 0.203. The van der Waals surface area contributed by atoms with E-state index in [9.17, 15) is 5.26 Å². The molecule has 0 amide bonds. The lowest BCUT2D eigenvalue weighted by Crippen LogP contribution is -2.55. The fourth-order valence-electron chi connectivity index (χ4n) is 3.67. The Morgan fingerprint density at radius 1 is 1.38 bits per heavy atom. The van der Waals surface area contributed by atoms with Gasteiger partial charge in [0.15, 0.2) is 0 Å². The molecular formula is C17H23N3S. The fraction of sp³-hybridized carbons (Fsp3) is 0.588. The SMILES string of the molecule is CCSc1cccc(N2CC3CCCN3CC2C)c1C#N. The summed E-state index contributed by atoms with van der Waals surface area (Å²) in [5.41, 5.74) is 2.00. The van der Waals surface area contributed by atoms with Gasteiger partial charge in [0.2, 0.25) is 0 Å². The highest BCUT2D eigenvalue weighted by Gasteiger charge is 2.35. The van der Waals surface area contributed by atoms with Crippen molar-refractivity contribution in [2.45, 2.75) is 43.7 Å². The van der Waals surface area contributed by atoms with Gasteiger partial charge in [0.1, 0.15) is 6.07 Å². The molecule has 1 aromatic rings. The molecule has 2 fully saturated rings. The Labute approximate surface area is 131 Å². The molecule has 2 heterocycles. The molecule has 0 aromatic heterocycles. The van der Waals surface area contributed by atoms with Crippen LogP contribution in [0.2, 0.25) is 0 Å². The highest BCUT2D eigenvalue weighted by molar-refractivity contribution is 7.99.